The van der Waals surface area contributed by atoms with Crippen molar-refractivity contribution in [2.45, 2.75) is 32.0 Å². The lowest BCUT2D eigenvalue weighted by molar-refractivity contribution is 0.240. The third-order valence-corrected chi connectivity index (χ3v) is 2.62. The van der Waals surface area contributed by atoms with Crippen LogP contribution in [0.2, 0.25) is 0 Å². The second-order valence-electron chi connectivity index (χ2n) is 4.12. The minimum absolute atomic E-state index is 0.0783. The molecule has 0 saturated heterocycles. The lowest BCUT2D eigenvalue weighted by Crippen LogP contribution is -2.36. The molecule has 0 bridgehead atoms. The van der Waals surface area contributed by atoms with Crippen molar-refractivity contribution in [3.05, 3.63) is 35.4 Å². The highest BCUT2D eigenvalue weighted by Crippen LogP contribution is 2.18. The normalized spacial score (nSPS) is 14.6. The van der Waals surface area contributed by atoms with E-state index in [4.69, 9.17) is 5.73 Å². The molecule has 4 nitrogen and oxygen atoms in total. The Morgan fingerprint density at radius 3 is 2.44 bits per heavy atom. The van der Waals surface area contributed by atoms with Crippen LogP contribution >= 0.6 is 0 Å². The molecular formula is C12H17N3O. The van der Waals surface area contributed by atoms with E-state index in [2.05, 4.69) is 10.6 Å². The molecule has 2 amide bonds. The SMILES string of the molecule is NCc1ccc(CNC(=O)NC2CC2)cc1. The van der Waals surface area contributed by atoms with Crippen molar-refractivity contribution in [1.29, 1.82) is 0 Å². The molecule has 1 fully saturated rings. The third kappa shape index (κ3) is 3.24. The maximum atomic E-state index is 11.3. The van der Waals surface area contributed by atoms with Gasteiger partial charge in [0.1, 0.15) is 0 Å². The maximum Gasteiger partial charge on any atom is 0.315 e. The van der Waals surface area contributed by atoms with Crippen LogP contribution < -0.4 is 16.4 Å². The second kappa shape index (κ2) is 4.99. The molecule has 0 aliphatic heterocycles. The van der Waals surface area contributed by atoms with Crippen molar-refractivity contribution >= 4 is 6.03 Å². The third-order valence-electron chi connectivity index (χ3n) is 2.62. The lowest BCUT2D eigenvalue weighted by atomic mass is 10.1. The second-order valence-corrected chi connectivity index (χ2v) is 4.12. The van der Waals surface area contributed by atoms with Crippen LogP contribution in [0, 0.1) is 0 Å². The van der Waals surface area contributed by atoms with E-state index in [-0.39, 0.29) is 6.03 Å². The summed E-state index contributed by atoms with van der Waals surface area (Å²) in [6.07, 6.45) is 2.22. The number of hydrogen-bond donors (Lipinski definition) is 3. The van der Waals surface area contributed by atoms with Gasteiger partial charge in [-0.05, 0) is 24.0 Å². The van der Waals surface area contributed by atoms with Crippen LogP contribution in [0.3, 0.4) is 0 Å². The van der Waals surface area contributed by atoms with Crippen LogP contribution in [0.4, 0.5) is 4.79 Å². The zero-order valence-electron chi connectivity index (χ0n) is 9.20. The Morgan fingerprint density at radius 2 is 1.88 bits per heavy atom. The zero-order valence-corrected chi connectivity index (χ0v) is 9.20. The number of rotatable bonds is 4. The summed E-state index contributed by atoms with van der Waals surface area (Å²) in [7, 11) is 0. The molecule has 4 heteroatoms. The average Bonchev–Trinajstić information content (AvgIpc) is 3.11. The number of hydrogen-bond acceptors (Lipinski definition) is 2. The first kappa shape index (κ1) is 11.0. The minimum atomic E-state index is -0.0783. The molecule has 0 heterocycles. The molecule has 1 aliphatic rings. The summed E-state index contributed by atoms with van der Waals surface area (Å²) in [4.78, 5) is 11.3. The van der Waals surface area contributed by atoms with Gasteiger partial charge in [0.15, 0.2) is 0 Å². The van der Waals surface area contributed by atoms with Crippen molar-refractivity contribution < 1.29 is 4.79 Å². The Hall–Kier alpha value is -1.55. The van der Waals surface area contributed by atoms with Crippen LogP contribution in [0.25, 0.3) is 0 Å². The first-order valence-electron chi connectivity index (χ1n) is 5.60. The number of carbonyl (C=O) groups excluding carboxylic acids is 1. The summed E-state index contributed by atoms with van der Waals surface area (Å²) >= 11 is 0. The van der Waals surface area contributed by atoms with E-state index in [1.165, 1.54) is 0 Å². The van der Waals surface area contributed by atoms with Crippen LogP contribution in [0.1, 0.15) is 24.0 Å². The molecule has 2 rings (SSSR count). The Bertz CT molecular complexity index is 357. The molecule has 0 unspecified atom stereocenters. The van der Waals surface area contributed by atoms with Crippen LogP contribution in [0.5, 0.6) is 0 Å². The monoisotopic (exact) mass is 219 g/mol. The Kier molecular flexibility index (Phi) is 3.41. The number of nitrogens with one attached hydrogen (secondary N) is 2. The highest BCUT2D eigenvalue weighted by atomic mass is 16.2. The highest BCUT2D eigenvalue weighted by Gasteiger charge is 2.22. The summed E-state index contributed by atoms with van der Waals surface area (Å²) in [5.41, 5.74) is 7.69. The molecule has 4 N–H and O–H groups in total. The molecule has 0 radical (unpaired) electrons. The lowest BCUT2D eigenvalue weighted by Gasteiger charge is -2.07. The zero-order chi connectivity index (χ0) is 11.4. The van der Waals surface area contributed by atoms with Crippen LogP contribution in [0.15, 0.2) is 24.3 Å². The van der Waals surface area contributed by atoms with Crippen molar-refractivity contribution in [3.8, 4) is 0 Å². The van der Waals surface area contributed by atoms with Gasteiger partial charge in [0.2, 0.25) is 0 Å². The topological polar surface area (TPSA) is 67.1 Å². The van der Waals surface area contributed by atoms with Crippen molar-refractivity contribution in [1.82, 2.24) is 10.6 Å². The largest absolute Gasteiger partial charge is 0.335 e. The van der Waals surface area contributed by atoms with Crippen molar-refractivity contribution in [2.24, 2.45) is 5.73 Å². The highest BCUT2D eigenvalue weighted by molar-refractivity contribution is 5.74. The standard InChI is InChI=1S/C12H17N3O/c13-7-9-1-3-10(4-2-9)8-14-12(16)15-11-5-6-11/h1-4,11H,5-8,13H2,(H2,14,15,16). The minimum Gasteiger partial charge on any atom is -0.335 e. The number of carbonyl (C=O) groups is 1. The quantitative estimate of drug-likeness (QED) is 0.710. The summed E-state index contributed by atoms with van der Waals surface area (Å²) < 4.78 is 0. The van der Waals surface area contributed by atoms with Gasteiger partial charge in [-0.25, -0.2) is 4.79 Å². The van der Waals surface area contributed by atoms with E-state index in [1.807, 2.05) is 24.3 Å². The predicted molar refractivity (Wildman–Crippen MR) is 62.7 cm³/mol. The fourth-order valence-corrected chi connectivity index (χ4v) is 1.44. The maximum absolute atomic E-state index is 11.3. The van der Waals surface area contributed by atoms with E-state index in [0.29, 0.717) is 19.1 Å². The molecule has 1 saturated carbocycles. The molecule has 0 atom stereocenters. The smallest absolute Gasteiger partial charge is 0.315 e. The molecule has 86 valence electrons. The van der Waals surface area contributed by atoms with Gasteiger partial charge in [-0.1, -0.05) is 24.3 Å². The van der Waals surface area contributed by atoms with Gasteiger partial charge in [0, 0.05) is 19.1 Å². The van der Waals surface area contributed by atoms with Gasteiger partial charge < -0.3 is 16.4 Å². The fourth-order valence-electron chi connectivity index (χ4n) is 1.44. The Morgan fingerprint density at radius 1 is 1.25 bits per heavy atom. The molecule has 1 aromatic rings. The summed E-state index contributed by atoms with van der Waals surface area (Å²) in [5.74, 6) is 0. The molecule has 16 heavy (non-hydrogen) atoms. The van der Waals surface area contributed by atoms with E-state index in [1.54, 1.807) is 0 Å². The van der Waals surface area contributed by atoms with Gasteiger partial charge in [0.25, 0.3) is 0 Å². The molecule has 0 spiro atoms. The van der Waals surface area contributed by atoms with Gasteiger partial charge in [0.05, 0.1) is 0 Å². The van der Waals surface area contributed by atoms with Gasteiger partial charge in [-0.3, -0.25) is 0 Å². The predicted octanol–water partition coefficient (Wildman–Crippen LogP) is 1.11. The number of urea groups is 1. The average molecular weight is 219 g/mol. The molecule has 0 aromatic heterocycles. The van der Waals surface area contributed by atoms with E-state index in [9.17, 15) is 4.79 Å². The first-order valence-corrected chi connectivity index (χ1v) is 5.60. The van der Waals surface area contributed by atoms with Gasteiger partial charge in [-0.15, -0.1) is 0 Å². The number of amides is 2. The Balaban J connectivity index is 1.76. The molecular weight excluding hydrogens is 202 g/mol. The Labute approximate surface area is 95.2 Å². The summed E-state index contributed by atoms with van der Waals surface area (Å²) in [6, 6.07) is 8.26. The van der Waals surface area contributed by atoms with Crippen LogP contribution in [-0.2, 0) is 13.1 Å². The van der Waals surface area contributed by atoms with Gasteiger partial charge in [-0.2, -0.15) is 0 Å². The summed E-state index contributed by atoms with van der Waals surface area (Å²) in [5, 5.41) is 5.70. The van der Waals surface area contributed by atoms with Crippen molar-refractivity contribution in [2.75, 3.05) is 0 Å². The molecule has 1 aliphatic carbocycles. The van der Waals surface area contributed by atoms with E-state index in [0.717, 1.165) is 24.0 Å². The van der Waals surface area contributed by atoms with E-state index >= 15 is 0 Å². The first-order chi connectivity index (χ1) is 7.78. The van der Waals surface area contributed by atoms with Crippen LogP contribution in [-0.4, -0.2) is 12.1 Å². The van der Waals surface area contributed by atoms with Gasteiger partial charge >= 0.3 is 6.03 Å². The number of benzene rings is 1. The van der Waals surface area contributed by atoms with Crippen molar-refractivity contribution in [3.63, 3.8) is 0 Å². The fraction of sp³-hybridized carbons (Fsp3) is 0.417. The van der Waals surface area contributed by atoms with E-state index < -0.39 is 0 Å². The summed E-state index contributed by atoms with van der Waals surface area (Å²) in [6.45, 7) is 1.11. The molecule has 1 aromatic carbocycles. The number of nitrogens with two attached hydrogens (primary N) is 1.